The zero-order chi connectivity index (χ0) is 37.7. The van der Waals surface area contributed by atoms with Gasteiger partial charge in [-0.3, -0.25) is 24.9 Å². The average molecular weight is 735 g/mol. The standard InChI is InChI=1S/C36H41F3N10O4/c1-21-14-26(5-6-27(21)49-18-23(15-42-49)31(51)41-17-28-43-32(46-45-28)34(3,4)36(37,38)39)53-25-7-10-35(11-8-25)19-47(20-35)30-22(2)13-24(16-40-30)48-12-9-29(50)44-33(48)52/h5-6,13-16,18,25H,7-12,17,19-20H2,1-4H3,(H,41,51)(H,43,45,46)(H,44,50,52). The minimum Gasteiger partial charge on any atom is -0.490 e. The highest BCUT2D eigenvalue weighted by Gasteiger charge is 2.51. The van der Waals surface area contributed by atoms with Gasteiger partial charge in [0.1, 0.15) is 22.8 Å². The van der Waals surface area contributed by atoms with Gasteiger partial charge in [0.25, 0.3) is 5.91 Å². The Labute approximate surface area is 303 Å². The number of carbonyl (C=O) groups excluding carboxylic acids is 3. The maximum Gasteiger partial charge on any atom is 0.401 e. The number of halogens is 3. The third-order valence-corrected chi connectivity index (χ3v) is 10.5. The minimum absolute atomic E-state index is 0.0987. The number of imide groups is 1. The molecule has 280 valence electrons. The zero-order valence-corrected chi connectivity index (χ0v) is 29.9. The van der Waals surface area contributed by atoms with Gasteiger partial charge in [-0.1, -0.05) is 0 Å². The molecule has 4 aromatic rings. The Morgan fingerprint density at radius 1 is 1.08 bits per heavy atom. The molecule has 5 heterocycles. The normalized spacial score (nSPS) is 17.9. The highest BCUT2D eigenvalue weighted by atomic mass is 19.4. The van der Waals surface area contributed by atoms with Crippen molar-refractivity contribution >= 4 is 29.4 Å². The smallest absolute Gasteiger partial charge is 0.401 e. The first kappa shape index (κ1) is 35.9. The van der Waals surface area contributed by atoms with Gasteiger partial charge in [-0.15, -0.1) is 0 Å². The van der Waals surface area contributed by atoms with E-state index < -0.39 is 29.4 Å². The van der Waals surface area contributed by atoms with Gasteiger partial charge in [0.15, 0.2) is 5.82 Å². The van der Waals surface area contributed by atoms with Crippen LogP contribution in [-0.4, -0.2) is 79.7 Å². The quantitative estimate of drug-likeness (QED) is 0.214. The van der Waals surface area contributed by atoms with Crippen LogP contribution in [0.2, 0.25) is 0 Å². The first-order valence-corrected chi connectivity index (χ1v) is 17.5. The van der Waals surface area contributed by atoms with Gasteiger partial charge in [-0.25, -0.2) is 19.4 Å². The summed E-state index contributed by atoms with van der Waals surface area (Å²) in [4.78, 5) is 49.0. The second-order valence-electron chi connectivity index (χ2n) is 14.8. The van der Waals surface area contributed by atoms with Crippen molar-refractivity contribution in [1.82, 2.24) is 40.6 Å². The minimum atomic E-state index is -4.53. The lowest BCUT2D eigenvalue weighted by atomic mass is 9.68. The fourth-order valence-electron chi connectivity index (χ4n) is 7.16. The summed E-state index contributed by atoms with van der Waals surface area (Å²) in [5.74, 6) is 0.666. The number of rotatable bonds is 9. The maximum atomic E-state index is 13.3. The lowest BCUT2D eigenvalue weighted by Gasteiger charge is -2.54. The summed E-state index contributed by atoms with van der Waals surface area (Å²) in [7, 11) is 0. The van der Waals surface area contributed by atoms with Crippen LogP contribution in [0.25, 0.3) is 5.69 Å². The Hall–Kier alpha value is -5.48. The van der Waals surface area contributed by atoms with Crippen molar-refractivity contribution in [1.29, 1.82) is 0 Å². The van der Waals surface area contributed by atoms with E-state index in [-0.39, 0.29) is 41.8 Å². The summed E-state index contributed by atoms with van der Waals surface area (Å²) in [5, 5.41) is 15.5. The molecule has 14 nitrogen and oxygen atoms in total. The van der Waals surface area contributed by atoms with Crippen molar-refractivity contribution in [3.63, 3.8) is 0 Å². The number of hydrogen-bond acceptors (Lipinski definition) is 9. The number of nitrogens with zero attached hydrogens (tertiary/aromatic N) is 7. The number of benzene rings is 1. The molecule has 0 radical (unpaired) electrons. The molecule has 3 aromatic heterocycles. The van der Waals surface area contributed by atoms with E-state index in [4.69, 9.17) is 9.72 Å². The topological polar surface area (TPSA) is 163 Å². The first-order valence-electron chi connectivity index (χ1n) is 17.5. The Bertz CT molecular complexity index is 2040. The Balaban J connectivity index is 0.887. The molecular weight excluding hydrogens is 693 g/mol. The second kappa shape index (κ2) is 13.5. The molecule has 2 saturated heterocycles. The fourth-order valence-corrected chi connectivity index (χ4v) is 7.16. The van der Waals surface area contributed by atoms with Crippen LogP contribution in [0.4, 0.5) is 29.5 Å². The van der Waals surface area contributed by atoms with Crippen LogP contribution in [0.1, 0.15) is 79.1 Å². The maximum absolute atomic E-state index is 13.3. The van der Waals surface area contributed by atoms with Gasteiger partial charge in [0.2, 0.25) is 5.91 Å². The molecule has 0 unspecified atom stereocenters. The van der Waals surface area contributed by atoms with E-state index in [0.717, 1.165) is 81.0 Å². The molecule has 3 N–H and O–H groups in total. The molecule has 1 saturated carbocycles. The van der Waals surface area contributed by atoms with E-state index in [2.05, 4.69) is 35.8 Å². The van der Waals surface area contributed by atoms with Crippen LogP contribution in [0.3, 0.4) is 0 Å². The van der Waals surface area contributed by atoms with Crippen molar-refractivity contribution in [2.24, 2.45) is 5.41 Å². The summed E-state index contributed by atoms with van der Waals surface area (Å²) in [6.45, 7) is 7.98. The van der Waals surface area contributed by atoms with E-state index in [9.17, 15) is 27.6 Å². The summed E-state index contributed by atoms with van der Waals surface area (Å²) >= 11 is 0. The first-order chi connectivity index (χ1) is 25.1. The number of hydrogen-bond donors (Lipinski definition) is 3. The monoisotopic (exact) mass is 734 g/mol. The highest BCUT2D eigenvalue weighted by Crippen LogP contribution is 2.46. The molecule has 1 aliphatic carbocycles. The lowest BCUT2D eigenvalue weighted by Crippen LogP contribution is -2.58. The molecule has 0 atom stereocenters. The predicted molar refractivity (Wildman–Crippen MR) is 187 cm³/mol. The van der Waals surface area contributed by atoms with Gasteiger partial charge in [-0.05, 0) is 88.8 Å². The van der Waals surface area contributed by atoms with Crippen LogP contribution < -0.4 is 25.2 Å². The number of aromatic nitrogens is 6. The molecule has 17 heteroatoms. The van der Waals surface area contributed by atoms with E-state index in [1.807, 2.05) is 38.1 Å². The van der Waals surface area contributed by atoms with Gasteiger partial charge in [-0.2, -0.15) is 23.4 Å². The van der Waals surface area contributed by atoms with Crippen LogP contribution in [-0.2, 0) is 16.8 Å². The number of ether oxygens (including phenoxy) is 1. The van der Waals surface area contributed by atoms with E-state index >= 15 is 0 Å². The fraction of sp³-hybridized carbons (Fsp3) is 0.472. The van der Waals surface area contributed by atoms with E-state index in [1.54, 1.807) is 22.0 Å². The van der Waals surface area contributed by atoms with Crippen LogP contribution in [0.5, 0.6) is 5.75 Å². The second-order valence-corrected chi connectivity index (χ2v) is 14.8. The summed E-state index contributed by atoms with van der Waals surface area (Å²) in [6.07, 6.45) is 4.52. The molecule has 1 spiro atoms. The van der Waals surface area contributed by atoms with Gasteiger partial charge in [0.05, 0.1) is 42.0 Å². The Morgan fingerprint density at radius 2 is 1.83 bits per heavy atom. The molecule has 1 aromatic carbocycles. The van der Waals surface area contributed by atoms with Gasteiger partial charge >= 0.3 is 12.2 Å². The number of alkyl halides is 3. The van der Waals surface area contributed by atoms with E-state index in [0.29, 0.717) is 12.2 Å². The number of aryl methyl sites for hydroxylation is 2. The largest absolute Gasteiger partial charge is 0.490 e. The van der Waals surface area contributed by atoms with Gasteiger partial charge < -0.3 is 15.0 Å². The summed E-state index contributed by atoms with van der Waals surface area (Å²) in [6, 6.07) is 7.28. The number of pyridine rings is 1. The SMILES string of the molecule is Cc1cc(OC2CCC3(CC2)CN(c2ncc(N4CCC(=O)NC4=O)cc2C)C3)ccc1-n1cc(C(=O)NCc2nc(C(C)(C)C(F)(F)F)n[nH]2)cn1. The van der Waals surface area contributed by atoms with Crippen LogP contribution >= 0.6 is 0 Å². The number of urea groups is 1. The van der Waals surface area contributed by atoms with Crippen molar-refractivity contribution in [2.75, 3.05) is 29.4 Å². The third-order valence-electron chi connectivity index (χ3n) is 10.5. The molecular formula is C36H41F3N10O4. The molecule has 7 rings (SSSR count). The van der Waals surface area contributed by atoms with Crippen molar-refractivity contribution in [3.8, 4) is 11.4 Å². The van der Waals surface area contributed by atoms with Crippen molar-refractivity contribution in [3.05, 3.63) is 71.2 Å². The van der Waals surface area contributed by atoms with Crippen LogP contribution in [0.15, 0.2) is 42.9 Å². The molecule has 4 amide bonds. The Morgan fingerprint density at radius 3 is 2.51 bits per heavy atom. The molecule has 53 heavy (non-hydrogen) atoms. The Kier molecular flexibility index (Phi) is 9.14. The summed E-state index contributed by atoms with van der Waals surface area (Å²) < 4.78 is 48.0. The molecule has 3 fully saturated rings. The predicted octanol–water partition coefficient (Wildman–Crippen LogP) is 5.05. The molecule has 0 bridgehead atoms. The number of aromatic amines is 1. The van der Waals surface area contributed by atoms with Crippen LogP contribution in [0, 0.1) is 19.3 Å². The lowest BCUT2D eigenvalue weighted by molar-refractivity contribution is -0.182. The highest BCUT2D eigenvalue weighted by molar-refractivity contribution is 6.05. The third kappa shape index (κ3) is 7.15. The van der Waals surface area contributed by atoms with Gasteiger partial charge in [0, 0.05) is 37.7 Å². The van der Waals surface area contributed by atoms with Crippen molar-refractivity contribution < 1.29 is 32.3 Å². The number of nitrogens with one attached hydrogen (secondary N) is 3. The van der Waals surface area contributed by atoms with Crippen molar-refractivity contribution in [2.45, 2.75) is 84.0 Å². The molecule has 3 aliphatic rings. The zero-order valence-electron chi connectivity index (χ0n) is 29.9. The summed E-state index contributed by atoms with van der Waals surface area (Å²) in [5.41, 5.74) is 1.62. The average Bonchev–Trinajstić information content (AvgIpc) is 3.78. The molecule has 2 aliphatic heterocycles. The number of anilines is 2. The number of amides is 4. The number of carbonyl (C=O) groups is 3. The number of H-pyrrole nitrogens is 1. The van der Waals surface area contributed by atoms with E-state index in [1.165, 1.54) is 6.20 Å².